The van der Waals surface area contributed by atoms with E-state index in [1.54, 1.807) is 6.20 Å². The fourth-order valence-electron chi connectivity index (χ4n) is 3.12. The van der Waals surface area contributed by atoms with E-state index in [0.29, 0.717) is 18.2 Å². The first-order valence-electron chi connectivity index (χ1n) is 12.1. The lowest BCUT2D eigenvalue weighted by Crippen LogP contribution is -2.40. The van der Waals surface area contributed by atoms with E-state index < -0.39 is 19.7 Å². The molecule has 1 atom stereocenters. The molecule has 0 fully saturated rings. The first-order valence-corrected chi connectivity index (χ1v) is 17.3. The molecule has 1 aromatic carbocycles. The van der Waals surface area contributed by atoms with Gasteiger partial charge in [0.25, 0.3) is 0 Å². The Hall–Kier alpha value is -1.26. The Morgan fingerprint density at radius 3 is 2.44 bits per heavy atom. The van der Waals surface area contributed by atoms with Gasteiger partial charge in [-0.3, -0.25) is 0 Å². The van der Waals surface area contributed by atoms with Crippen molar-refractivity contribution >= 4 is 43.0 Å². The van der Waals surface area contributed by atoms with Crippen molar-refractivity contribution in [3.8, 4) is 11.1 Å². The quantitative estimate of drug-likeness (QED) is 0.204. The topological polar surface area (TPSA) is 73.0 Å². The maximum absolute atomic E-state index is 12.8. The Balaban J connectivity index is 1.94. The summed E-state index contributed by atoms with van der Waals surface area (Å²) in [6, 6.07) is 10.1. The number of pyridine rings is 1. The van der Waals surface area contributed by atoms with Crippen LogP contribution in [0, 0.1) is 0 Å². The van der Waals surface area contributed by atoms with Crippen LogP contribution in [0.2, 0.25) is 23.2 Å². The van der Waals surface area contributed by atoms with E-state index in [4.69, 9.17) is 16.0 Å². The van der Waals surface area contributed by atoms with E-state index in [2.05, 4.69) is 60.7 Å². The van der Waals surface area contributed by atoms with Crippen LogP contribution in [-0.4, -0.2) is 27.6 Å². The zero-order chi connectivity index (χ0) is 26.7. The summed E-state index contributed by atoms with van der Waals surface area (Å²) in [5.74, 6) is 0. The molecule has 0 spiro atoms. The first kappa shape index (κ1) is 29.3. The van der Waals surface area contributed by atoms with Gasteiger partial charge in [0.2, 0.25) is 0 Å². The van der Waals surface area contributed by atoms with Gasteiger partial charge >= 0.3 is 0 Å². The Labute approximate surface area is 229 Å². The number of hydrogen-bond donors (Lipinski definition) is 2. The summed E-state index contributed by atoms with van der Waals surface area (Å²) in [7, 11) is -1.92. The third-order valence-electron chi connectivity index (χ3n) is 6.45. The maximum atomic E-state index is 12.8. The molecule has 2 aromatic heterocycles. The Morgan fingerprint density at radius 2 is 1.83 bits per heavy atom. The number of nitrogens with one attached hydrogen (secondary N) is 2. The number of halogens is 1. The summed E-state index contributed by atoms with van der Waals surface area (Å²) in [5, 5.41) is 1.63. The zero-order valence-corrected chi connectivity index (χ0v) is 25.9. The maximum Gasteiger partial charge on any atom is 0.192 e. The van der Waals surface area contributed by atoms with Gasteiger partial charge in [0, 0.05) is 40.4 Å². The summed E-state index contributed by atoms with van der Waals surface area (Å²) in [4.78, 5) is 8.69. The van der Waals surface area contributed by atoms with Crippen molar-refractivity contribution in [1.82, 2.24) is 14.7 Å². The number of aromatic amines is 1. The first-order chi connectivity index (χ1) is 16.7. The molecule has 2 heterocycles. The van der Waals surface area contributed by atoms with Gasteiger partial charge < -0.3 is 14.0 Å². The van der Waals surface area contributed by atoms with Gasteiger partial charge in [-0.1, -0.05) is 50.2 Å². The fourth-order valence-corrected chi connectivity index (χ4v) is 6.13. The molecule has 9 heteroatoms. The molecule has 3 rings (SSSR count). The molecule has 0 aliphatic heterocycles. The standard InChI is InChI=1S/C27H38ClN3O2S2Si/c1-26(2,3)35(32)31-17-22-14-21(19-11-13-29-16-19)15-23(28)24(22)34-25-20(10-9-12-30-25)18-33-36(7,8)27(4,5)6/h9-16,29,31H,17-18H2,1-8H3. The highest BCUT2D eigenvalue weighted by molar-refractivity contribution is 7.99. The predicted octanol–water partition coefficient (Wildman–Crippen LogP) is 7.95. The van der Waals surface area contributed by atoms with Crippen molar-refractivity contribution < 1.29 is 8.98 Å². The van der Waals surface area contributed by atoms with E-state index in [0.717, 1.165) is 32.2 Å². The van der Waals surface area contributed by atoms with Crippen molar-refractivity contribution in [2.45, 2.75) is 87.5 Å². The van der Waals surface area contributed by atoms with E-state index in [9.17, 15) is 4.55 Å². The SMILES string of the molecule is CC(C)(C)[S+]([O-])NCc1cc(-c2cc[nH]c2)cc(Cl)c1Sc1ncccc1CO[Si](C)(C)C(C)(C)C. The fraction of sp³-hybridized carbons (Fsp3) is 0.444. The minimum atomic E-state index is -1.92. The van der Waals surface area contributed by atoms with E-state index in [1.165, 1.54) is 11.8 Å². The Bertz CT molecular complexity index is 1160. The highest BCUT2D eigenvalue weighted by atomic mass is 35.5. The van der Waals surface area contributed by atoms with E-state index in [-0.39, 0.29) is 9.79 Å². The molecule has 0 bridgehead atoms. The third-order valence-corrected chi connectivity index (χ3v) is 14.1. The van der Waals surface area contributed by atoms with Gasteiger partial charge in [0.05, 0.1) is 18.2 Å². The molecule has 0 saturated carbocycles. The molecule has 0 amide bonds. The van der Waals surface area contributed by atoms with Crippen molar-refractivity contribution in [2.75, 3.05) is 0 Å². The number of aromatic nitrogens is 2. The molecule has 2 N–H and O–H groups in total. The monoisotopic (exact) mass is 563 g/mol. The second-order valence-corrected chi connectivity index (χ2v) is 19.6. The van der Waals surface area contributed by atoms with Crippen molar-refractivity contribution in [3.63, 3.8) is 0 Å². The molecule has 1 unspecified atom stereocenters. The number of H-pyrrole nitrogens is 1. The number of benzene rings is 1. The summed E-state index contributed by atoms with van der Waals surface area (Å²) >= 11 is 7.21. The van der Waals surface area contributed by atoms with Crippen LogP contribution < -0.4 is 4.72 Å². The molecule has 0 saturated heterocycles. The largest absolute Gasteiger partial charge is 0.598 e. The van der Waals surface area contributed by atoms with Crippen LogP contribution in [0.15, 0.2) is 58.8 Å². The number of hydrogen-bond acceptors (Lipinski definition) is 5. The van der Waals surface area contributed by atoms with Crippen LogP contribution >= 0.6 is 23.4 Å². The van der Waals surface area contributed by atoms with Gasteiger partial charge in [0.15, 0.2) is 8.32 Å². The van der Waals surface area contributed by atoms with Crippen LogP contribution in [0.4, 0.5) is 0 Å². The van der Waals surface area contributed by atoms with Crippen LogP contribution in [0.5, 0.6) is 0 Å². The molecule has 196 valence electrons. The van der Waals surface area contributed by atoms with Gasteiger partial charge in [-0.25, -0.2) is 4.98 Å². The lowest BCUT2D eigenvalue weighted by atomic mass is 10.1. The number of nitrogens with zero attached hydrogens (tertiary/aromatic N) is 1. The lowest BCUT2D eigenvalue weighted by molar-refractivity contribution is 0.273. The molecule has 0 aliphatic carbocycles. The average Bonchev–Trinajstić information content (AvgIpc) is 3.32. The molecule has 0 aliphatic rings. The second kappa shape index (κ2) is 11.6. The Morgan fingerprint density at radius 1 is 1.11 bits per heavy atom. The number of rotatable bonds is 9. The van der Waals surface area contributed by atoms with Crippen LogP contribution in [0.1, 0.15) is 52.7 Å². The summed E-state index contributed by atoms with van der Waals surface area (Å²) in [5.41, 5.74) is 4.07. The summed E-state index contributed by atoms with van der Waals surface area (Å²) in [6.07, 6.45) is 5.63. The van der Waals surface area contributed by atoms with Gasteiger partial charge in [0.1, 0.15) is 9.77 Å². The summed E-state index contributed by atoms with van der Waals surface area (Å²) < 4.78 is 22.1. The smallest absolute Gasteiger partial charge is 0.192 e. The minimum absolute atomic E-state index is 0.126. The molecule has 0 radical (unpaired) electrons. The van der Waals surface area contributed by atoms with E-state index >= 15 is 0 Å². The zero-order valence-electron chi connectivity index (χ0n) is 22.5. The summed E-state index contributed by atoms with van der Waals surface area (Å²) in [6.45, 7) is 18.0. The van der Waals surface area contributed by atoms with Crippen molar-refractivity contribution in [1.29, 1.82) is 0 Å². The average molecular weight is 564 g/mol. The molecule has 36 heavy (non-hydrogen) atoms. The normalized spacial score (nSPS) is 13.7. The molecule has 3 aromatic rings. The van der Waals surface area contributed by atoms with E-state index in [1.807, 2.05) is 51.4 Å². The third kappa shape index (κ3) is 7.40. The van der Waals surface area contributed by atoms with Gasteiger partial charge in [-0.15, -0.1) is 4.72 Å². The predicted molar refractivity (Wildman–Crippen MR) is 156 cm³/mol. The highest BCUT2D eigenvalue weighted by Crippen LogP contribution is 2.41. The van der Waals surface area contributed by atoms with Crippen LogP contribution in [-0.2, 0) is 28.9 Å². The second-order valence-electron chi connectivity index (χ2n) is 11.4. The van der Waals surface area contributed by atoms with Crippen LogP contribution in [0.3, 0.4) is 0 Å². The lowest BCUT2D eigenvalue weighted by Gasteiger charge is -2.36. The highest BCUT2D eigenvalue weighted by Gasteiger charge is 2.37. The minimum Gasteiger partial charge on any atom is -0.598 e. The Kier molecular flexibility index (Phi) is 9.47. The molecular weight excluding hydrogens is 526 g/mol. The van der Waals surface area contributed by atoms with Crippen LogP contribution in [0.25, 0.3) is 11.1 Å². The van der Waals surface area contributed by atoms with Gasteiger partial charge in [-0.05, 0) is 79.9 Å². The van der Waals surface area contributed by atoms with Gasteiger partial charge in [-0.2, -0.15) is 0 Å². The van der Waals surface area contributed by atoms with Crippen molar-refractivity contribution in [3.05, 3.63) is 65.1 Å². The molecular formula is C27H38ClN3O2S2Si. The molecule has 5 nitrogen and oxygen atoms in total. The van der Waals surface area contributed by atoms with Crippen molar-refractivity contribution in [2.24, 2.45) is 0 Å².